The molecule has 0 saturated carbocycles. The molecule has 2 amide bonds. The van der Waals surface area contributed by atoms with Crippen LogP contribution < -0.4 is 14.8 Å². The number of hydrogen-bond acceptors (Lipinski definition) is 9. The van der Waals surface area contributed by atoms with Crippen molar-refractivity contribution in [2.75, 3.05) is 60.3 Å². The number of β-amino-alcohol motifs (C(OH)–C–C–N with tert-alkyl or cyclic N) is 1. The van der Waals surface area contributed by atoms with E-state index in [0.717, 1.165) is 53.9 Å². The Kier molecular flexibility index (Phi) is 40.4. The van der Waals surface area contributed by atoms with Gasteiger partial charge in [0.1, 0.15) is 29.8 Å². The molecule has 3 unspecified atom stereocenters. The average molecular weight is 1160 g/mol. The zero-order chi connectivity index (χ0) is 59.1. The number of nitrogens with zero attached hydrogens (tertiary/aromatic N) is 1. The monoisotopic (exact) mass is 1150 g/mol. The molecule has 0 aliphatic carbocycles. The molecule has 1 aliphatic rings. The van der Waals surface area contributed by atoms with Crippen LogP contribution in [0.15, 0.2) is 78.9 Å². The van der Waals surface area contributed by atoms with Gasteiger partial charge in [-0.1, -0.05) is 267 Å². The molecule has 11 heteroatoms. The van der Waals surface area contributed by atoms with Crippen LogP contribution in [0.5, 0.6) is 11.5 Å². The fraction of sp³-hybridized carbons (Fsp3) is 0.722. The minimum absolute atomic E-state index is 0.00983. The van der Waals surface area contributed by atoms with Gasteiger partial charge in [0, 0.05) is 32.7 Å². The normalized spacial score (nSPS) is 14.7. The minimum atomic E-state index is -1.03. The number of aliphatic hydroxyl groups is 1. The Balaban J connectivity index is 1.15. The summed E-state index contributed by atoms with van der Waals surface area (Å²) in [6.45, 7) is 7.40. The zero-order valence-corrected chi connectivity index (χ0v) is 53.0. The molecule has 1 saturated heterocycles. The Bertz CT molecular complexity index is 1950. The number of ether oxygens (including phenoxy) is 6. The summed E-state index contributed by atoms with van der Waals surface area (Å²) in [7, 11) is 3.30. The number of aliphatic hydroxyl groups excluding tert-OH is 1. The van der Waals surface area contributed by atoms with Crippen molar-refractivity contribution in [2.24, 2.45) is 0 Å². The largest absolute Gasteiger partial charge is 0.497 e. The summed E-state index contributed by atoms with van der Waals surface area (Å²) in [5, 5.41) is 13.8. The Morgan fingerprint density at radius 3 is 1.41 bits per heavy atom. The Labute approximate surface area is 505 Å². The number of unbranched alkanes of at least 4 members (excludes halogenated alkanes) is 32. The van der Waals surface area contributed by atoms with Crippen molar-refractivity contribution in [3.63, 3.8) is 0 Å². The van der Waals surface area contributed by atoms with E-state index in [0.29, 0.717) is 52.0 Å². The van der Waals surface area contributed by atoms with Gasteiger partial charge in [-0.15, -0.1) is 0 Å². The molecule has 83 heavy (non-hydrogen) atoms. The van der Waals surface area contributed by atoms with E-state index in [1.807, 2.05) is 66.7 Å². The Morgan fingerprint density at radius 1 is 0.530 bits per heavy atom. The quantitative estimate of drug-likeness (QED) is 0.0420. The predicted molar refractivity (Wildman–Crippen MR) is 342 cm³/mol. The summed E-state index contributed by atoms with van der Waals surface area (Å²) < 4.78 is 36.3. The molecule has 2 N–H and O–H groups in total. The van der Waals surface area contributed by atoms with Gasteiger partial charge in [0.2, 0.25) is 5.91 Å². The van der Waals surface area contributed by atoms with Gasteiger partial charge in [-0.3, -0.25) is 4.79 Å². The molecule has 11 nitrogen and oxygen atoms in total. The van der Waals surface area contributed by atoms with Gasteiger partial charge in [-0.25, -0.2) is 4.79 Å². The molecule has 1 fully saturated rings. The van der Waals surface area contributed by atoms with Crippen molar-refractivity contribution in [3.8, 4) is 11.5 Å². The highest BCUT2D eigenvalue weighted by Gasteiger charge is 2.41. The first-order chi connectivity index (χ1) is 40.8. The van der Waals surface area contributed by atoms with Crippen molar-refractivity contribution in [3.05, 3.63) is 95.6 Å². The summed E-state index contributed by atoms with van der Waals surface area (Å²) in [6.07, 6.45) is 44.2. The van der Waals surface area contributed by atoms with Gasteiger partial charge in [-0.2, -0.15) is 0 Å². The Morgan fingerprint density at radius 2 is 0.952 bits per heavy atom. The van der Waals surface area contributed by atoms with E-state index in [2.05, 4.69) is 31.3 Å². The third-order valence-electron chi connectivity index (χ3n) is 16.9. The first-order valence-corrected chi connectivity index (χ1v) is 33.9. The van der Waals surface area contributed by atoms with Crippen LogP contribution in [0.3, 0.4) is 0 Å². The van der Waals surface area contributed by atoms with Gasteiger partial charge in [0.05, 0.1) is 39.6 Å². The number of rotatable bonds is 53. The van der Waals surface area contributed by atoms with Crippen LogP contribution in [-0.2, 0) is 29.3 Å². The first kappa shape index (κ1) is 71.3. The number of carbonyl (C=O) groups excluding carboxylic acids is 2. The topological polar surface area (TPSA) is 125 Å². The van der Waals surface area contributed by atoms with E-state index in [1.165, 1.54) is 186 Å². The van der Waals surface area contributed by atoms with Crippen molar-refractivity contribution in [2.45, 2.75) is 275 Å². The second-order valence-corrected chi connectivity index (χ2v) is 23.9. The van der Waals surface area contributed by atoms with E-state index in [1.54, 1.807) is 19.1 Å². The van der Waals surface area contributed by atoms with Crippen LogP contribution in [0.2, 0.25) is 0 Å². The van der Waals surface area contributed by atoms with E-state index in [-0.39, 0.29) is 37.8 Å². The summed E-state index contributed by atoms with van der Waals surface area (Å²) in [6, 6.07) is 25.6. The summed E-state index contributed by atoms with van der Waals surface area (Å²) in [4.78, 5) is 28.6. The van der Waals surface area contributed by atoms with Gasteiger partial charge in [-0.05, 0) is 73.1 Å². The lowest BCUT2D eigenvalue weighted by atomic mass is 9.80. The summed E-state index contributed by atoms with van der Waals surface area (Å²) >= 11 is 0. The maximum Gasteiger partial charge on any atom is 0.407 e. The van der Waals surface area contributed by atoms with Crippen LogP contribution in [0, 0.1) is 0 Å². The molecule has 3 aromatic carbocycles. The molecule has 4 rings (SSSR count). The lowest BCUT2D eigenvalue weighted by Crippen LogP contribution is -2.42. The van der Waals surface area contributed by atoms with E-state index >= 15 is 0 Å². The fourth-order valence-electron chi connectivity index (χ4n) is 11.8. The van der Waals surface area contributed by atoms with Gasteiger partial charge < -0.3 is 43.7 Å². The molecule has 3 aromatic rings. The summed E-state index contributed by atoms with van der Waals surface area (Å²) in [5.74, 6) is 1.46. The molecular weight excluding hydrogens is 1040 g/mol. The third kappa shape index (κ3) is 30.7. The molecule has 0 spiro atoms. The molecule has 3 atom stereocenters. The smallest absolute Gasteiger partial charge is 0.407 e. The highest BCUT2D eigenvalue weighted by molar-refractivity contribution is 5.77. The molecule has 0 aromatic heterocycles. The van der Waals surface area contributed by atoms with Crippen LogP contribution in [0.1, 0.15) is 268 Å². The summed E-state index contributed by atoms with van der Waals surface area (Å²) in [5.41, 5.74) is 1.71. The van der Waals surface area contributed by atoms with E-state index < -0.39 is 17.8 Å². The van der Waals surface area contributed by atoms with E-state index in [4.69, 9.17) is 28.4 Å². The number of nitrogens with one attached hydrogen (secondary N) is 1. The molecule has 0 radical (unpaired) electrons. The van der Waals surface area contributed by atoms with Crippen LogP contribution >= 0.6 is 0 Å². The highest BCUT2D eigenvalue weighted by Crippen LogP contribution is 2.42. The lowest BCUT2D eigenvalue weighted by molar-refractivity contribution is -0.134. The Hall–Kier alpha value is -4.16. The predicted octanol–water partition coefficient (Wildman–Crippen LogP) is 18.2. The zero-order valence-electron chi connectivity index (χ0n) is 53.0. The lowest BCUT2D eigenvalue weighted by Gasteiger charge is -2.38. The number of benzene rings is 3. The number of amides is 2. The number of hydrogen-bond donors (Lipinski definition) is 2. The second-order valence-electron chi connectivity index (χ2n) is 23.9. The SMILES string of the molecule is CCCCCCCCCCCCCCCCCCOCC(COC(=O)NCCCCCC(=O)N1CC(O)CC1COC(c1ccccc1)(c1ccc(OC)cc1)c1ccc(OC)cc1)OCCCCCCCCCCCCCCCCCC. The molecule has 1 aliphatic heterocycles. The van der Waals surface area contributed by atoms with Gasteiger partial charge in [0.25, 0.3) is 0 Å². The highest BCUT2D eigenvalue weighted by atomic mass is 16.6. The number of carbonyl (C=O) groups is 2. The van der Waals surface area contributed by atoms with Crippen molar-refractivity contribution in [1.82, 2.24) is 10.2 Å². The van der Waals surface area contributed by atoms with Crippen LogP contribution in [0.25, 0.3) is 0 Å². The number of alkyl carbamates (subject to hydrolysis) is 1. The maximum absolute atomic E-state index is 13.9. The van der Waals surface area contributed by atoms with Crippen LogP contribution in [-0.4, -0.2) is 101 Å². The average Bonchev–Trinajstić information content (AvgIpc) is 2.80. The molecule has 1 heterocycles. The van der Waals surface area contributed by atoms with Crippen molar-refractivity contribution < 1.29 is 43.1 Å². The molecule has 0 bridgehead atoms. The van der Waals surface area contributed by atoms with Crippen molar-refractivity contribution in [1.29, 1.82) is 0 Å². The van der Waals surface area contributed by atoms with E-state index in [9.17, 15) is 14.7 Å². The maximum atomic E-state index is 13.9. The molecule has 470 valence electrons. The van der Waals surface area contributed by atoms with Crippen LogP contribution in [0.4, 0.5) is 4.79 Å². The fourth-order valence-corrected chi connectivity index (χ4v) is 11.8. The second kappa shape index (κ2) is 47.0. The third-order valence-corrected chi connectivity index (χ3v) is 16.9. The van der Waals surface area contributed by atoms with Gasteiger partial charge in [0.15, 0.2) is 0 Å². The molecular formula is C72H118N2O9. The number of likely N-dealkylation sites (tertiary alicyclic amines) is 1. The standard InChI is InChI=1S/C72H118N2O9/c1-5-7-9-11-13-15-17-19-21-23-25-27-29-31-33-41-55-80-60-69(81-56-42-34-32-30-28-26-24-22-20-18-16-14-12-10-8-6-2)61-82-71(77)73-54-40-36-39-45-70(76)74-58-66(75)57-65(74)59-83-72(62-43-37-35-38-44-62,63-46-50-67(78-3)51-47-63)64-48-52-68(79-4)53-49-64/h35,37-38,43-44,46-53,65-66,69,75H,5-34,36,39-42,45,54-61H2,1-4H3,(H,73,77). The first-order valence-electron chi connectivity index (χ1n) is 33.9. The van der Waals surface area contributed by atoms with Crippen molar-refractivity contribution >= 4 is 12.0 Å². The number of methoxy groups -OCH3 is 2. The minimum Gasteiger partial charge on any atom is -0.497 e. The van der Waals surface area contributed by atoms with Gasteiger partial charge >= 0.3 is 6.09 Å².